The lowest BCUT2D eigenvalue weighted by atomic mass is 9.98. The number of thiophene rings is 1. The zero-order valence-electron chi connectivity index (χ0n) is 11.1. The largest absolute Gasteiger partial charge is 0.379 e. The molecule has 1 aromatic rings. The third kappa shape index (κ3) is 2.68. The van der Waals surface area contributed by atoms with E-state index in [4.69, 9.17) is 9.47 Å². The summed E-state index contributed by atoms with van der Waals surface area (Å²) < 4.78 is 11.3. The Kier molecular flexibility index (Phi) is 3.60. The highest BCUT2D eigenvalue weighted by Crippen LogP contribution is 2.36. The van der Waals surface area contributed by atoms with Crippen LogP contribution < -0.4 is 0 Å². The lowest BCUT2D eigenvalue weighted by molar-refractivity contribution is -0.130. The van der Waals surface area contributed by atoms with Crippen molar-refractivity contribution in [2.45, 2.75) is 31.0 Å². The van der Waals surface area contributed by atoms with E-state index >= 15 is 0 Å². The molecule has 0 aromatic carbocycles. The van der Waals surface area contributed by atoms with Crippen molar-refractivity contribution in [3.05, 3.63) is 22.4 Å². The third-order valence-electron chi connectivity index (χ3n) is 4.11. The van der Waals surface area contributed by atoms with Gasteiger partial charge in [-0.1, -0.05) is 0 Å². The van der Waals surface area contributed by atoms with Crippen molar-refractivity contribution in [1.82, 2.24) is 4.90 Å². The van der Waals surface area contributed by atoms with E-state index in [1.807, 2.05) is 21.7 Å². The Morgan fingerprint density at radius 3 is 3.26 bits per heavy atom. The minimum absolute atomic E-state index is 0.148. The van der Waals surface area contributed by atoms with Gasteiger partial charge in [0.1, 0.15) is 0 Å². The van der Waals surface area contributed by atoms with Gasteiger partial charge in [0.15, 0.2) is 0 Å². The second-order valence-corrected chi connectivity index (χ2v) is 6.21. The zero-order chi connectivity index (χ0) is 13.3. The quantitative estimate of drug-likeness (QED) is 0.846. The highest BCUT2D eigenvalue weighted by atomic mass is 32.1. The van der Waals surface area contributed by atoms with Gasteiger partial charge in [-0.25, -0.2) is 0 Å². The summed E-state index contributed by atoms with van der Waals surface area (Å²) in [6.07, 6.45) is 2.54. The molecule has 2 aliphatic heterocycles. The first-order chi connectivity index (χ1) is 9.21. The van der Waals surface area contributed by atoms with Crippen LogP contribution in [0, 0.1) is 0 Å². The lowest BCUT2D eigenvalue weighted by Crippen LogP contribution is -2.36. The summed E-state index contributed by atoms with van der Waals surface area (Å²) in [5.41, 5.74) is 0.961. The Hall–Kier alpha value is -0.910. The first-order valence-electron chi connectivity index (χ1n) is 6.66. The molecule has 0 aliphatic carbocycles. The molecule has 0 N–H and O–H groups in total. The molecule has 2 atom stereocenters. The number of ether oxygens (including phenoxy) is 2. The molecule has 0 radical (unpaired) electrons. The van der Waals surface area contributed by atoms with Gasteiger partial charge in [-0.2, -0.15) is 11.3 Å². The molecule has 3 rings (SSSR count). The molecule has 104 valence electrons. The van der Waals surface area contributed by atoms with E-state index in [1.54, 1.807) is 18.4 Å². The fraction of sp³-hybridized carbons (Fsp3) is 0.643. The molecule has 0 bridgehead atoms. The van der Waals surface area contributed by atoms with Crippen molar-refractivity contribution in [2.75, 3.05) is 26.8 Å². The van der Waals surface area contributed by atoms with Gasteiger partial charge < -0.3 is 14.4 Å². The van der Waals surface area contributed by atoms with Crippen LogP contribution in [0.1, 0.15) is 18.4 Å². The SMILES string of the molecule is CO[C@@H]1CO[C@]2(CCN(C(=O)Cc3ccsc3)C2)C1. The van der Waals surface area contributed by atoms with Crippen LogP contribution in [0.3, 0.4) is 0 Å². The van der Waals surface area contributed by atoms with Gasteiger partial charge in [0.25, 0.3) is 0 Å². The molecule has 1 spiro atoms. The summed E-state index contributed by atoms with van der Waals surface area (Å²) in [6, 6.07) is 2.02. The monoisotopic (exact) mass is 281 g/mol. The van der Waals surface area contributed by atoms with E-state index in [9.17, 15) is 4.79 Å². The summed E-state index contributed by atoms with van der Waals surface area (Å²) in [4.78, 5) is 14.2. The average molecular weight is 281 g/mol. The Morgan fingerprint density at radius 2 is 2.58 bits per heavy atom. The smallest absolute Gasteiger partial charge is 0.227 e. The highest BCUT2D eigenvalue weighted by molar-refractivity contribution is 7.07. The van der Waals surface area contributed by atoms with E-state index < -0.39 is 0 Å². The molecular weight excluding hydrogens is 262 g/mol. The molecule has 2 fully saturated rings. The van der Waals surface area contributed by atoms with E-state index in [0.29, 0.717) is 13.0 Å². The normalized spacial score (nSPS) is 30.4. The number of hydrogen-bond acceptors (Lipinski definition) is 4. The maximum Gasteiger partial charge on any atom is 0.227 e. The minimum Gasteiger partial charge on any atom is -0.379 e. The second-order valence-electron chi connectivity index (χ2n) is 5.43. The summed E-state index contributed by atoms with van der Waals surface area (Å²) >= 11 is 1.63. The first-order valence-corrected chi connectivity index (χ1v) is 7.61. The number of carbonyl (C=O) groups excluding carboxylic acids is 1. The summed E-state index contributed by atoms with van der Waals surface area (Å²) in [7, 11) is 1.72. The zero-order valence-corrected chi connectivity index (χ0v) is 11.9. The molecule has 0 saturated carbocycles. The molecule has 1 amide bonds. The summed E-state index contributed by atoms with van der Waals surface area (Å²) in [5, 5.41) is 4.05. The molecule has 19 heavy (non-hydrogen) atoms. The third-order valence-corrected chi connectivity index (χ3v) is 4.84. The fourth-order valence-corrected chi connectivity index (χ4v) is 3.64. The van der Waals surface area contributed by atoms with Crippen molar-refractivity contribution in [1.29, 1.82) is 0 Å². The van der Waals surface area contributed by atoms with Gasteiger partial charge in [-0.05, 0) is 28.8 Å². The Labute approximate surface area is 117 Å². The Morgan fingerprint density at radius 1 is 1.68 bits per heavy atom. The number of carbonyl (C=O) groups is 1. The Balaban J connectivity index is 1.58. The van der Waals surface area contributed by atoms with Crippen LogP contribution in [0.25, 0.3) is 0 Å². The number of hydrogen-bond donors (Lipinski definition) is 0. The Bertz CT molecular complexity index is 448. The second kappa shape index (κ2) is 5.23. The predicted octanol–water partition coefficient (Wildman–Crippen LogP) is 1.70. The molecule has 2 saturated heterocycles. The topological polar surface area (TPSA) is 38.8 Å². The lowest BCUT2D eigenvalue weighted by Gasteiger charge is -2.23. The maximum atomic E-state index is 12.2. The van der Waals surface area contributed by atoms with Gasteiger partial charge in [0.2, 0.25) is 5.91 Å². The van der Waals surface area contributed by atoms with E-state index in [0.717, 1.165) is 31.5 Å². The predicted molar refractivity (Wildman–Crippen MR) is 73.3 cm³/mol. The van der Waals surface area contributed by atoms with E-state index in [1.165, 1.54) is 0 Å². The average Bonchev–Trinajstić information content (AvgIpc) is 3.12. The molecular formula is C14H19NO3S. The number of methoxy groups -OCH3 is 1. The van der Waals surface area contributed by atoms with Crippen molar-refractivity contribution >= 4 is 17.2 Å². The molecule has 3 heterocycles. The molecule has 5 heteroatoms. The van der Waals surface area contributed by atoms with Crippen molar-refractivity contribution in [3.8, 4) is 0 Å². The van der Waals surface area contributed by atoms with E-state index in [-0.39, 0.29) is 17.6 Å². The van der Waals surface area contributed by atoms with Gasteiger partial charge >= 0.3 is 0 Å². The van der Waals surface area contributed by atoms with Crippen LogP contribution in [0.4, 0.5) is 0 Å². The highest BCUT2D eigenvalue weighted by Gasteiger charge is 2.46. The van der Waals surface area contributed by atoms with Gasteiger partial charge in [-0.3, -0.25) is 4.79 Å². The standard InChI is InChI=1S/C14H19NO3S/c1-17-12-7-14(18-8-12)3-4-15(10-14)13(16)6-11-2-5-19-9-11/h2,5,9,12H,3-4,6-8,10H2,1H3/t12-,14+/m0/s1. The number of likely N-dealkylation sites (tertiary alicyclic amines) is 1. The minimum atomic E-state index is -0.148. The maximum absolute atomic E-state index is 12.2. The van der Waals surface area contributed by atoms with Crippen LogP contribution in [0.5, 0.6) is 0 Å². The summed E-state index contributed by atoms with van der Waals surface area (Å²) in [6.45, 7) is 2.18. The van der Waals surface area contributed by atoms with E-state index in [2.05, 4.69) is 0 Å². The van der Waals surface area contributed by atoms with Crippen LogP contribution >= 0.6 is 11.3 Å². The van der Waals surface area contributed by atoms with Crippen LogP contribution in [0.15, 0.2) is 16.8 Å². The first kappa shape index (κ1) is 13.1. The van der Waals surface area contributed by atoms with Crippen molar-refractivity contribution in [3.63, 3.8) is 0 Å². The number of rotatable bonds is 3. The van der Waals surface area contributed by atoms with Crippen LogP contribution in [-0.4, -0.2) is 49.3 Å². The number of amides is 1. The molecule has 4 nitrogen and oxygen atoms in total. The van der Waals surface area contributed by atoms with Crippen molar-refractivity contribution < 1.29 is 14.3 Å². The van der Waals surface area contributed by atoms with Crippen LogP contribution in [-0.2, 0) is 20.7 Å². The van der Waals surface area contributed by atoms with Crippen molar-refractivity contribution in [2.24, 2.45) is 0 Å². The van der Waals surface area contributed by atoms with Crippen LogP contribution in [0.2, 0.25) is 0 Å². The van der Waals surface area contributed by atoms with Gasteiger partial charge in [0, 0.05) is 26.6 Å². The van der Waals surface area contributed by atoms with Gasteiger partial charge in [0.05, 0.1) is 24.7 Å². The fourth-order valence-electron chi connectivity index (χ4n) is 2.98. The molecule has 1 aromatic heterocycles. The molecule has 2 aliphatic rings. The summed E-state index contributed by atoms with van der Waals surface area (Å²) in [5.74, 6) is 0.208. The molecule has 0 unspecified atom stereocenters. The van der Waals surface area contributed by atoms with Gasteiger partial charge in [-0.15, -0.1) is 0 Å². The number of nitrogens with zero attached hydrogens (tertiary/aromatic N) is 1.